The number of hydrogen-bond acceptors (Lipinski definition) is 12. The average molecular weight is 1210 g/mol. The Balaban J connectivity index is 0.863. The van der Waals surface area contributed by atoms with Crippen LogP contribution in [0, 0.1) is 31.0 Å². The topological polar surface area (TPSA) is 313 Å². The van der Waals surface area contributed by atoms with Crippen molar-refractivity contribution >= 4 is 76.7 Å². The highest BCUT2D eigenvalue weighted by Crippen LogP contribution is 2.40. The molecule has 8 rings (SSSR count). The molecule has 2 aromatic heterocycles. The Bertz CT molecular complexity index is 3390. The van der Waals surface area contributed by atoms with Gasteiger partial charge in [0.05, 0.1) is 28.2 Å². The second kappa shape index (κ2) is 26.9. The summed E-state index contributed by atoms with van der Waals surface area (Å²) in [5, 5.41) is 12.1. The molecule has 7 amide bonds. The summed E-state index contributed by atoms with van der Waals surface area (Å²) in [6.07, 6.45) is 3.73. The van der Waals surface area contributed by atoms with Gasteiger partial charge in [-0.3, -0.25) is 42.9 Å². The van der Waals surface area contributed by atoms with Crippen molar-refractivity contribution in [3.63, 3.8) is 0 Å². The smallest absolute Gasteiger partial charge is 0.396 e. The lowest BCUT2D eigenvalue weighted by molar-refractivity contribution is -0.144. The first-order chi connectivity index (χ1) is 40.2. The second-order valence-corrected chi connectivity index (χ2v) is 26.4. The third-order valence-corrected chi connectivity index (χ3v) is 18.0. The summed E-state index contributed by atoms with van der Waals surface area (Å²) in [6, 6.07) is 11.3. The number of halogens is 1. The molecule has 3 aliphatic rings. The number of carbonyl (C=O) groups excluding carboxylic acids is 8. The van der Waals surface area contributed by atoms with Crippen molar-refractivity contribution in [2.75, 3.05) is 13.2 Å². The summed E-state index contributed by atoms with van der Waals surface area (Å²) in [5.41, 5.74) is 9.28. The number of thiazole rings is 1. The maximum atomic E-state index is 16.4. The number of nitrogens with two attached hydrogens (primary N) is 1. The zero-order valence-electron chi connectivity index (χ0n) is 49.0. The number of hydrogen-bond donors (Lipinski definition) is 8. The molecule has 21 nitrogen and oxygen atoms in total. The summed E-state index contributed by atoms with van der Waals surface area (Å²) in [4.78, 5) is 139. The van der Waals surface area contributed by atoms with E-state index in [4.69, 9.17) is 10.5 Å². The molecule has 0 aliphatic carbocycles. The number of carbonyl (C=O) groups is 8. The van der Waals surface area contributed by atoms with Crippen LogP contribution in [0.15, 0.2) is 66.2 Å². The molecule has 0 bridgehead atoms. The van der Waals surface area contributed by atoms with E-state index in [0.717, 1.165) is 28.1 Å². The van der Waals surface area contributed by atoms with Gasteiger partial charge in [0.2, 0.25) is 35.4 Å². The number of fused-ring (bicyclic) bond motifs is 2. The molecule has 24 heteroatoms. The molecule has 0 saturated carbocycles. The first-order valence-corrected chi connectivity index (χ1v) is 31.4. The highest BCUT2D eigenvalue weighted by molar-refractivity contribution is 7.70. The molecule has 85 heavy (non-hydrogen) atoms. The van der Waals surface area contributed by atoms with Crippen molar-refractivity contribution < 1.29 is 61.8 Å². The Morgan fingerprint density at radius 1 is 0.918 bits per heavy atom. The monoisotopic (exact) mass is 1210 g/mol. The number of ether oxygens (including phenoxy) is 1. The number of benzene rings is 3. The van der Waals surface area contributed by atoms with Crippen molar-refractivity contribution in [1.29, 1.82) is 0 Å². The van der Waals surface area contributed by atoms with E-state index >= 15 is 4.39 Å². The van der Waals surface area contributed by atoms with E-state index < -0.39 is 84.1 Å². The Morgan fingerprint density at radius 2 is 1.64 bits per heavy atom. The van der Waals surface area contributed by atoms with Crippen LogP contribution >= 0.6 is 18.9 Å². The number of aromatic nitrogens is 2. The lowest BCUT2D eigenvalue weighted by Gasteiger charge is -2.35. The number of primary amides is 1. The van der Waals surface area contributed by atoms with Gasteiger partial charge < -0.3 is 56.3 Å². The Hall–Kier alpha value is -7.33. The second-order valence-electron chi connectivity index (χ2n) is 24.1. The number of aromatic amines is 1. The maximum Gasteiger partial charge on any atom is 0.396 e. The molecule has 5 heterocycles. The predicted molar refractivity (Wildman–Crippen MR) is 317 cm³/mol. The molecular weight excluding hydrogens is 1130 g/mol. The van der Waals surface area contributed by atoms with Crippen molar-refractivity contribution in [1.82, 2.24) is 41.0 Å². The number of likely N-dealkylation sites (tertiary alicyclic amines) is 1. The minimum Gasteiger partial charge on any atom is -0.488 e. The van der Waals surface area contributed by atoms with Crippen LogP contribution in [0.3, 0.4) is 0 Å². The molecule has 456 valence electrons. The number of rotatable bonds is 22. The molecule has 8 atom stereocenters. The van der Waals surface area contributed by atoms with Crippen LogP contribution in [0.4, 0.5) is 4.39 Å². The van der Waals surface area contributed by atoms with E-state index in [9.17, 15) is 52.7 Å². The van der Waals surface area contributed by atoms with Gasteiger partial charge in [-0.1, -0.05) is 70.9 Å². The summed E-state index contributed by atoms with van der Waals surface area (Å²) < 4.78 is 34.0. The van der Waals surface area contributed by atoms with E-state index in [1.165, 1.54) is 35.2 Å². The van der Waals surface area contributed by atoms with E-state index in [1.807, 2.05) is 71.3 Å². The molecule has 3 fully saturated rings. The third kappa shape index (κ3) is 15.6. The fourth-order valence-corrected chi connectivity index (χ4v) is 13.0. The number of H-pyrrole nitrogens is 1. The predicted octanol–water partition coefficient (Wildman–Crippen LogP) is 7.19. The van der Waals surface area contributed by atoms with E-state index in [1.54, 1.807) is 29.2 Å². The van der Waals surface area contributed by atoms with Crippen LogP contribution in [0.2, 0.25) is 0 Å². The van der Waals surface area contributed by atoms with Crippen LogP contribution < -0.4 is 31.7 Å². The van der Waals surface area contributed by atoms with Crippen molar-refractivity contribution in [2.45, 2.75) is 168 Å². The lowest BCUT2D eigenvalue weighted by Crippen LogP contribution is -2.57. The van der Waals surface area contributed by atoms with Gasteiger partial charge in [-0.2, -0.15) is 0 Å². The molecule has 3 aromatic carbocycles. The molecule has 0 spiro atoms. The van der Waals surface area contributed by atoms with Crippen LogP contribution in [0.25, 0.3) is 21.3 Å². The zero-order valence-corrected chi connectivity index (χ0v) is 50.7. The number of nitrogens with one attached hydrogen (secondary N) is 5. The highest BCUT2D eigenvalue weighted by Gasteiger charge is 2.46. The standard InChI is InChI=1S/C61H77FN9O12PS/c1-33-25-39(11-10-14-51(73)69-54(61(5,6)7)59(78)70-30-34(2)26-48(70)57(76)65-35(3)37-15-17-38(18-16-37)53-36(4)64-32-85-53)52(62)49(27-33)83-31-42(20-24-50(63)72)66-56(75)47-23-21-43-12-8-9-13-45(58(77)71(43)47)68-55(74)46-29-41-28-40(19-22-44(41)67-46)60(79)84(80,81)82/h15-19,22,25,27-29,32,34-35,42-43,45,47-48,54,67H,8-14,20-21,23-24,26,30-31H2,1-7H3,(H2,63,72)(H,65,76)(H,66,75)(H,68,74)(H,69,73)(H2,80,81,82)/t34-,35+,42+,43+,45+,47+,48+,54-/m1/s1. The maximum absolute atomic E-state index is 16.4. The molecule has 5 aromatic rings. The molecule has 0 unspecified atom stereocenters. The number of amides is 7. The van der Waals surface area contributed by atoms with Gasteiger partial charge in [0.25, 0.3) is 11.4 Å². The summed E-state index contributed by atoms with van der Waals surface area (Å²) >= 11 is 1.56. The van der Waals surface area contributed by atoms with Crippen LogP contribution in [0.5, 0.6) is 5.75 Å². The van der Waals surface area contributed by atoms with Gasteiger partial charge >= 0.3 is 7.60 Å². The fourth-order valence-electron chi connectivity index (χ4n) is 11.7. The number of nitrogens with zero attached hydrogens (tertiary/aromatic N) is 3. The SMILES string of the molecule is Cc1cc(CCCC(=O)N[C@H](C(=O)N2C[C@H](C)C[C@H]2C(=O)N[C@@H](C)c2ccc(-c3scnc3C)cc2)C(C)(C)C)c(F)c(OC[C@H](CCC(N)=O)NC(=O)[C@@H]2CC[C@@H]3CCCC[C@H](NC(=O)c4cc5cc(C(=O)P(=O)(O)O)ccc5[nH]4)C(=O)N32)c1. The summed E-state index contributed by atoms with van der Waals surface area (Å²) in [6.45, 7) is 13.2. The van der Waals surface area contributed by atoms with E-state index in [-0.39, 0.29) is 97.5 Å². The molecule has 0 radical (unpaired) electrons. The largest absolute Gasteiger partial charge is 0.488 e. The molecular formula is C61H77FN9O12PS. The molecule has 3 aliphatic heterocycles. The Kier molecular flexibility index (Phi) is 20.2. The van der Waals surface area contributed by atoms with Gasteiger partial charge in [0, 0.05) is 41.9 Å². The zero-order chi connectivity index (χ0) is 61.7. The van der Waals surface area contributed by atoms with Crippen molar-refractivity contribution in [2.24, 2.45) is 17.1 Å². The third-order valence-electron chi connectivity index (χ3n) is 16.2. The summed E-state index contributed by atoms with van der Waals surface area (Å²) in [7, 11) is -5.06. The Labute approximate surface area is 497 Å². The first-order valence-electron chi connectivity index (χ1n) is 28.9. The molecule has 9 N–H and O–H groups in total. The van der Waals surface area contributed by atoms with Gasteiger partial charge in [-0.15, -0.1) is 11.3 Å². The minimum absolute atomic E-state index is 0.0324. The lowest BCUT2D eigenvalue weighted by atomic mass is 9.85. The van der Waals surface area contributed by atoms with Gasteiger partial charge in [0.1, 0.15) is 36.5 Å². The summed E-state index contributed by atoms with van der Waals surface area (Å²) in [5.74, 6) is -4.08. The van der Waals surface area contributed by atoms with Crippen molar-refractivity contribution in [3.05, 3.63) is 106 Å². The normalized spacial score (nSPS) is 20.2. The van der Waals surface area contributed by atoms with E-state index in [2.05, 4.69) is 31.2 Å². The van der Waals surface area contributed by atoms with E-state index in [0.29, 0.717) is 55.1 Å². The van der Waals surface area contributed by atoms with Crippen molar-refractivity contribution in [3.8, 4) is 16.2 Å². The molecule has 3 saturated heterocycles. The van der Waals surface area contributed by atoms with Crippen LogP contribution in [0.1, 0.15) is 155 Å². The van der Waals surface area contributed by atoms with Gasteiger partial charge in [-0.25, -0.2) is 9.37 Å². The highest BCUT2D eigenvalue weighted by atomic mass is 32.1. The number of aryl methyl sites for hydroxylation is 3. The van der Waals surface area contributed by atoms with Crippen LogP contribution in [-0.4, -0.2) is 126 Å². The quantitative estimate of drug-likeness (QED) is 0.0319. The fraction of sp³-hybridized carbons (Fsp3) is 0.492. The Morgan fingerprint density at radius 3 is 2.32 bits per heavy atom. The van der Waals surface area contributed by atoms with Crippen LogP contribution in [-0.2, 0) is 39.8 Å². The van der Waals surface area contributed by atoms with Gasteiger partial charge in [0.15, 0.2) is 11.6 Å². The van der Waals surface area contributed by atoms with Gasteiger partial charge in [-0.05, 0) is 136 Å². The minimum atomic E-state index is -5.06. The first kappa shape index (κ1) is 63.7. The average Bonchev–Trinajstić information content (AvgIpc) is 4.49.